The molecule has 0 aliphatic heterocycles. The summed E-state index contributed by atoms with van der Waals surface area (Å²) in [5, 5.41) is 17.3. The molecule has 0 aliphatic carbocycles. The summed E-state index contributed by atoms with van der Waals surface area (Å²) in [4.78, 5) is 18.2. The fourth-order valence-corrected chi connectivity index (χ4v) is 4.76. The van der Waals surface area contributed by atoms with Gasteiger partial charge in [-0.1, -0.05) is 84.9 Å². The molecule has 4 aromatic carbocycles. The number of hydrogen-bond donors (Lipinski definition) is 1. The number of fused-ring (bicyclic) bond motifs is 2. The van der Waals surface area contributed by atoms with Gasteiger partial charge in [-0.25, -0.2) is 4.98 Å². The van der Waals surface area contributed by atoms with Crippen molar-refractivity contribution in [2.45, 2.75) is 6.42 Å². The summed E-state index contributed by atoms with van der Waals surface area (Å²) >= 11 is 1.42. The van der Waals surface area contributed by atoms with Crippen LogP contribution >= 0.6 is 11.3 Å². The molecular weight excluding hydrogens is 426 g/mol. The number of amides is 1. The first-order chi connectivity index (χ1) is 16.2. The lowest BCUT2D eigenvalue weighted by Gasteiger charge is -2.05. The Morgan fingerprint density at radius 3 is 2.36 bits per heavy atom. The highest BCUT2D eigenvalue weighted by Crippen LogP contribution is 2.26. The van der Waals surface area contributed by atoms with Gasteiger partial charge in [0, 0.05) is 17.5 Å². The summed E-state index contributed by atoms with van der Waals surface area (Å²) in [5.41, 5.74) is 2.08. The van der Waals surface area contributed by atoms with Crippen molar-refractivity contribution in [3.05, 3.63) is 113 Å². The maximum Gasteiger partial charge on any atom is 0.268 e. The molecule has 0 aliphatic rings. The van der Waals surface area contributed by atoms with Crippen LogP contribution in [0.5, 0.6) is 0 Å². The molecule has 0 atom stereocenters. The Morgan fingerprint density at radius 1 is 0.909 bits per heavy atom. The van der Waals surface area contributed by atoms with E-state index in [0.29, 0.717) is 5.13 Å². The summed E-state index contributed by atoms with van der Waals surface area (Å²) < 4.78 is 0. The Hall–Kier alpha value is -4.27. The molecule has 0 radical (unpaired) electrons. The summed E-state index contributed by atoms with van der Waals surface area (Å²) in [5.74, 6) is -0.462. The number of aromatic nitrogens is 1. The Labute approximate surface area is 195 Å². The first-order valence-corrected chi connectivity index (χ1v) is 11.4. The molecule has 0 fully saturated rings. The highest BCUT2D eigenvalue weighted by atomic mass is 32.1. The molecule has 158 valence electrons. The van der Waals surface area contributed by atoms with Crippen molar-refractivity contribution in [3.8, 4) is 6.07 Å². The molecule has 5 rings (SSSR count). The number of nitriles is 1. The van der Waals surface area contributed by atoms with Crippen LogP contribution in [0.1, 0.15) is 16.0 Å². The lowest BCUT2D eigenvalue weighted by molar-refractivity contribution is -0.112. The van der Waals surface area contributed by atoms with Gasteiger partial charge in [0.25, 0.3) is 5.91 Å². The molecule has 1 aromatic heterocycles. The summed E-state index contributed by atoms with van der Waals surface area (Å²) in [6.07, 6.45) is 4.14. The predicted molar refractivity (Wildman–Crippen MR) is 135 cm³/mol. The van der Waals surface area contributed by atoms with E-state index in [9.17, 15) is 10.1 Å². The van der Waals surface area contributed by atoms with E-state index in [0.717, 1.165) is 27.6 Å². The summed E-state index contributed by atoms with van der Waals surface area (Å²) in [7, 11) is 0. The standard InChI is InChI=1S/C28H19N3OS/c29-17-23(15-21-11-5-9-19-7-1-3-13-25(19)21)27(32)31-28-30-18-24(33-28)16-22-12-6-10-20-8-2-4-14-26(20)22/h1-15,18H,16H2,(H,30,31,32). The molecule has 1 amide bonds. The van der Waals surface area contributed by atoms with Crippen LogP contribution in [0.25, 0.3) is 27.6 Å². The zero-order chi connectivity index (χ0) is 22.6. The van der Waals surface area contributed by atoms with Crippen molar-refractivity contribution < 1.29 is 4.79 Å². The van der Waals surface area contributed by atoms with Gasteiger partial charge in [-0.2, -0.15) is 5.26 Å². The number of carbonyl (C=O) groups is 1. The Balaban J connectivity index is 1.36. The number of hydrogen-bond acceptors (Lipinski definition) is 4. The van der Waals surface area contributed by atoms with Crippen LogP contribution in [-0.4, -0.2) is 10.9 Å². The number of carbonyl (C=O) groups excluding carboxylic acids is 1. The number of benzene rings is 4. The number of nitrogens with one attached hydrogen (secondary N) is 1. The van der Waals surface area contributed by atoms with Gasteiger partial charge in [0.1, 0.15) is 11.6 Å². The third-order valence-electron chi connectivity index (χ3n) is 5.51. The molecule has 33 heavy (non-hydrogen) atoms. The van der Waals surface area contributed by atoms with Crippen LogP contribution in [0, 0.1) is 11.3 Å². The zero-order valence-electron chi connectivity index (χ0n) is 17.7. The van der Waals surface area contributed by atoms with Gasteiger partial charge in [0.15, 0.2) is 5.13 Å². The minimum atomic E-state index is -0.462. The fourth-order valence-electron chi connectivity index (χ4n) is 3.93. The zero-order valence-corrected chi connectivity index (χ0v) is 18.5. The molecule has 5 heteroatoms. The van der Waals surface area contributed by atoms with Gasteiger partial charge in [-0.15, -0.1) is 11.3 Å². The van der Waals surface area contributed by atoms with Gasteiger partial charge < -0.3 is 0 Å². The normalized spacial score (nSPS) is 11.4. The van der Waals surface area contributed by atoms with Gasteiger partial charge >= 0.3 is 0 Å². The van der Waals surface area contributed by atoms with Crippen molar-refractivity contribution in [1.29, 1.82) is 5.26 Å². The largest absolute Gasteiger partial charge is 0.297 e. The van der Waals surface area contributed by atoms with Crippen LogP contribution in [0.3, 0.4) is 0 Å². The molecule has 1 N–H and O–H groups in total. The maximum atomic E-state index is 12.8. The van der Waals surface area contributed by atoms with Crippen LogP contribution in [0.15, 0.2) is 96.7 Å². The first-order valence-electron chi connectivity index (χ1n) is 10.5. The van der Waals surface area contributed by atoms with E-state index in [4.69, 9.17) is 0 Å². The summed E-state index contributed by atoms with van der Waals surface area (Å²) in [6.45, 7) is 0. The minimum Gasteiger partial charge on any atom is -0.297 e. The molecule has 1 heterocycles. The molecule has 5 aromatic rings. The minimum absolute atomic E-state index is 0.0390. The summed E-state index contributed by atoms with van der Waals surface area (Å²) in [6, 6.07) is 30.3. The van der Waals surface area contributed by atoms with Crippen molar-refractivity contribution in [1.82, 2.24) is 4.98 Å². The second-order valence-corrected chi connectivity index (χ2v) is 8.75. The van der Waals surface area contributed by atoms with Gasteiger partial charge in [-0.05, 0) is 38.7 Å². The monoisotopic (exact) mass is 445 g/mol. The molecule has 0 unspecified atom stereocenters. The third-order valence-corrected chi connectivity index (χ3v) is 6.42. The lowest BCUT2D eigenvalue weighted by atomic mass is 10.0. The average Bonchev–Trinajstić information content (AvgIpc) is 3.29. The van der Waals surface area contributed by atoms with Gasteiger partial charge in [-0.3, -0.25) is 10.1 Å². The predicted octanol–water partition coefficient (Wildman–Crippen LogP) is 6.59. The van der Waals surface area contributed by atoms with Crippen molar-refractivity contribution in [2.75, 3.05) is 5.32 Å². The van der Waals surface area contributed by atoms with Crippen molar-refractivity contribution >= 4 is 50.0 Å². The molecule has 0 saturated carbocycles. The second-order valence-electron chi connectivity index (χ2n) is 7.64. The van der Waals surface area contributed by atoms with Crippen LogP contribution in [0.4, 0.5) is 5.13 Å². The molecule has 0 bridgehead atoms. The Bertz CT molecular complexity index is 1550. The van der Waals surface area contributed by atoms with E-state index in [-0.39, 0.29) is 5.57 Å². The van der Waals surface area contributed by atoms with Gasteiger partial charge in [0.2, 0.25) is 0 Å². The molecule has 0 saturated heterocycles. The molecule has 0 spiro atoms. The van der Waals surface area contributed by atoms with E-state index in [2.05, 4.69) is 40.6 Å². The van der Waals surface area contributed by atoms with E-state index >= 15 is 0 Å². The Kier molecular flexibility index (Phi) is 5.67. The molecular formula is C28H19N3OS. The number of rotatable bonds is 5. The smallest absolute Gasteiger partial charge is 0.268 e. The average molecular weight is 446 g/mol. The van der Waals surface area contributed by atoms with Gasteiger partial charge in [0.05, 0.1) is 0 Å². The van der Waals surface area contributed by atoms with E-state index < -0.39 is 5.91 Å². The van der Waals surface area contributed by atoms with Crippen LogP contribution < -0.4 is 5.32 Å². The highest BCUT2D eigenvalue weighted by Gasteiger charge is 2.13. The number of anilines is 1. The highest BCUT2D eigenvalue weighted by molar-refractivity contribution is 7.15. The van der Waals surface area contributed by atoms with E-state index in [1.165, 1.54) is 27.7 Å². The molecule has 4 nitrogen and oxygen atoms in total. The lowest BCUT2D eigenvalue weighted by Crippen LogP contribution is -2.13. The first kappa shape index (κ1) is 20.6. The Morgan fingerprint density at radius 2 is 1.58 bits per heavy atom. The van der Waals surface area contributed by atoms with Crippen LogP contribution in [0.2, 0.25) is 0 Å². The van der Waals surface area contributed by atoms with E-state index in [1.54, 1.807) is 12.3 Å². The third kappa shape index (κ3) is 4.38. The maximum absolute atomic E-state index is 12.8. The fraction of sp³-hybridized carbons (Fsp3) is 0.0357. The van der Waals surface area contributed by atoms with Crippen molar-refractivity contribution in [3.63, 3.8) is 0 Å². The van der Waals surface area contributed by atoms with Crippen molar-refractivity contribution in [2.24, 2.45) is 0 Å². The number of nitrogens with zero attached hydrogens (tertiary/aromatic N) is 2. The van der Waals surface area contributed by atoms with Crippen LogP contribution in [-0.2, 0) is 11.2 Å². The van der Waals surface area contributed by atoms with E-state index in [1.807, 2.05) is 60.7 Å². The SMILES string of the molecule is N#CC(=Cc1cccc2ccccc12)C(=O)Nc1ncc(Cc2cccc3ccccc23)s1. The number of thiazole rings is 1. The second kappa shape index (κ2) is 9.07. The quantitative estimate of drug-likeness (QED) is 0.245. The topological polar surface area (TPSA) is 65.8 Å².